The fraction of sp³-hybridized carbons (Fsp3) is 0.111. The van der Waals surface area contributed by atoms with E-state index in [0.29, 0.717) is 5.13 Å². The van der Waals surface area contributed by atoms with Gasteiger partial charge < -0.3 is 0 Å². The highest BCUT2D eigenvalue weighted by atomic mass is 32.1. The molecule has 15 heavy (non-hydrogen) atoms. The summed E-state index contributed by atoms with van der Waals surface area (Å²) in [6, 6.07) is 6.01. The third kappa shape index (κ3) is 2.08. The zero-order chi connectivity index (χ0) is 10.7. The average molecular weight is 217 g/mol. The zero-order valence-electron chi connectivity index (χ0n) is 7.93. The summed E-state index contributed by atoms with van der Waals surface area (Å²) in [6.07, 6.45) is 1.65. The van der Waals surface area contributed by atoms with Crippen LogP contribution in [-0.2, 0) is 0 Å². The maximum Gasteiger partial charge on any atom is 0.232 e. The van der Waals surface area contributed by atoms with E-state index < -0.39 is 0 Å². The molecule has 0 atom stereocenters. The number of rotatable bonds is 2. The molecule has 0 saturated carbocycles. The number of nitrogens with one attached hydrogen (secondary N) is 1. The Morgan fingerprint density at radius 3 is 3.20 bits per heavy atom. The highest BCUT2D eigenvalue weighted by Crippen LogP contribution is 2.28. The van der Waals surface area contributed by atoms with Crippen LogP contribution in [0.3, 0.4) is 0 Å². The molecule has 0 bridgehead atoms. The fourth-order valence-corrected chi connectivity index (χ4v) is 1.93. The number of nitriles is 1. The van der Waals surface area contributed by atoms with Crippen molar-refractivity contribution in [2.75, 3.05) is 0 Å². The van der Waals surface area contributed by atoms with Gasteiger partial charge in [-0.2, -0.15) is 10.7 Å². The van der Waals surface area contributed by atoms with E-state index in [-0.39, 0.29) is 0 Å². The summed E-state index contributed by atoms with van der Waals surface area (Å²) in [6.45, 7) is 2.01. The van der Waals surface area contributed by atoms with Crippen LogP contribution in [0.5, 0.6) is 0 Å². The molecule has 1 heterocycles. The molecule has 0 fully saturated rings. The summed E-state index contributed by atoms with van der Waals surface area (Å²) in [5, 5.41) is 15.9. The lowest BCUT2D eigenvalue weighted by Gasteiger charge is -1.88. The zero-order valence-corrected chi connectivity index (χ0v) is 8.75. The van der Waals surface area contributed by atoms with Crippen molar-refractivity contribution in [1.29, 1.82) is 5.26 Å². The van der Waals surface area contributed by atoms with Gasteiger partial charge >= 0.3 is 0 Å². The molecule has 0 aliphatic heterocycles. The molecule has 0 spiro atoms. The van der Waals surface area contributed by atoms with Crippen LogP contribution in [0.4, 0.5) is 5.13 Å². The van der Waals surface area contributed by atoms with Gasteiger partial charge in [0, 0.05) is 0 Å². The van der Waals surface area contributed by atoms with Gasteiger partial charge in [-0.3, -0.25) is 0 Å². The molecule has 5 nitrogen and oxygen atoms in total. The predicted octanol–water partition coefficient (Wildman–Crippen LogP) is 2.67. The first-order chi connectivity index (χ1) is 7.29. The Hall–Kier alpha value is -2.00. The van der Waals surface area contributed by atoms with Crippen LogP contribution in [0.25, 0.3) is 10.2 Å². The third-order valence-corrected chi connectivity index (χ3v) is 2.69. The quantitative estimate of drug-likeness (QED) is 0.363. The minimum Gasteiger partial charge on any atom is -0.217 e. The second kappa shape index (κ2) is 4.02. The summed E-state index contributed by atoms with van der Waals surface area (Å²) >= 11 is 1.44. The summed E-state index contributed by atoms with van der Waals surface area (Å²) in [4.78, 5) is 4.25. The van der Waals surface area contributed by atoms with E-state index in [0.717, 1.165) is 15.8 Å². The maximum atomic E-state index is 8.19. The molecular weight excluding hydrogens is 210 g/mol. The Kier molecular flexibility index (Phi) is 2.56. The summed E-state index contributed by atoms with van der Waals surface area (Å²) < 4.78 is 1.06. The number of benzene rings is 1. The second-order valence-corrected chi connectivity index (χ2v) is 3.90. The molecular formula is C9H7N5S. The Labute approximate surface area is 90.1 Å². The lowest BCUT2D eigenvalue weighted by Crippen LogP contribution is -1.88. The number of aryl methyl sites for hydroxylation is 1. The Morgan fingerprint density at radius 2 is 2.40 bits per heavy atom. The highest BCUT2D eigenvalue weighted by Gasteiger charge is 2.02. The van der Waals surface area contributed by atoms with Crippen molar-refractivity contribution in [1.82, 2.24) is 10.4 Å². The first-order valence-electron chi connectivity index (χ1n) is 4.21. The molecule has 74 valence electrons. The molecule has 6 heteroatoms. The summed E-state index contributed by atoms with van der Waals surface area (Å²) in [5.41, 5.74) is 4.15. The van der Waals surface area contributed by atoms with E-state index >= 15 is 0 Å². The van der Waals surface area contributed by atoms with Crippen molar-refractivity contribution in [3.05, 3.63) is 23.8 Å². The molecule has 2 aromatic rings. The molecule has 0 aliphatic carbocycles. The van der Waals surface area contributed by atoms with E-state index in [4.69, 9.17) is 5.26 Å². The van der Waals surface area contributed by atoms with Gasteiger partial charge in [-0.15, -0.1) is 0 Å². The van der Waals surface area contributed by atoms with Gasteiger partial charge in [0.25, 0.3) is 0 Å². The van der Waals surface area contributed by atoms with Crippen LogP contribution in [-0.4, -0.2) is 4.98 Å². The molecule has 1 aromatic heterocycles. The summed E-state index contributed by atoms with van der Waals surface area (Å²) in [7, 11) is 0. The SMILES string of the molecule is Cc1ccc2sc(/N=N/NC#N)nc2c1. The van der Waals surface area contributed by atoms with E-state index in [1.54, 1.807) is 6.19 Å². The van der Waals surface area contributed by atoms with Gasteiger partial charge in [0.2, 0.25) is 5.13 Å². The van der Waals surface area contributed by atoms with E-state index in [1.807, 2.05) is 25.1 Å². The number of aromatic nitrogens is 1. The molecule has 1 N–H and O–H groups in total. The highest BCUT2D eigenvalue weighted by molar-refractivity contribution is 7.21. The van der Waals surface area contributed by atoms with E-state index in [1.165, 1.54) is 11.3 Å². The standard InChI is InChI=1S/C9H7N5S/c1-6-2-3-8-7(4-6)12-9(15-8)13-14-11-5-10/h2-4H,1H3,(H,11,12,13). The minimum absolute atomic E-state index is 0.540. The second-order valence-electron chi connectivity index (χ2n) is 2.89. The lowest BCUT2D eigenvalue weighted by molar-refractivity contribution is 0.885. The predicted molar refractivity (Wildman–Crippen MR) is 57.6 cm³/mol. The van der Waals surface area contributed by atoms with Crippen LogP contribution >= 0.6 is 11.3 Å². The average Bonchev–Trinajstić information content (AvgIpc) is 2.60. The Bertz CT molecular complexity index is 551. The van der Waals surface area contributed by atoms with E-state index in [2.05, 4.69) is 20.7 Å². The van der Waals surface area contributed by atoms with Gasteiger partial charge in [0.1, 0.15) is 0 Å². The number of fused-ring (bicyclic) bond motifs is 1. The molecule has 0 unspecified atom stereocenters. The van der Waals surface area contributed by atoms with Gasteiger partial charge in [0.15, 0.2) is 6.19 Å². The molecule has 2 rings (SSSR count). The number of thiazole rings is 1. The van der Waals surface area contributed by atoms with Crippen molar-refractivity contribution in [2.24, 2.45) is 10.3 Å². The van der Waals surface area contributed by atoms with Crippen molar-refractivity contribution < 1.29 is 0 Å². The van der Waals surface area contributed by atoms with Gasteiger partial charge in [-0.05, 0) is 24.6 Å². The van der Waals surface area contributed by atoms with E-state index in [9.17, 15) is 0 Å². The van der Waals surface area contributed by atoms with Crippen molar-refractivity contribution in [2.45, 2.75) is 6.92 Å². The largest absolute Gasteiger partial charge is 0.232 e. The first-order valence-corrected chi connectivity index (χ1v) is 5.03. The number of hydrogen-bond acceptors (Lipinski definition) is 5. The smallest absolute Gasteiger partial charge is 0.217 e. The van der Waals surface area contributed by atoms with Crippen LogP contribution in [0.15, 0.2) is 28.5 Å². The summed E-state index contributed by atoms with van der Waals surface area (Å²) in [5.74, 6) is 0. The molecule has 0 aliphatic rings. The lowest BCUT2D eigenvalue weighted by atomic mass is 10.2. The fourth-order valence-electron chi connectivity index (χ4n) is 1.16. The van der Waals surface area contributed by atoms with Gasteiger partial charge in [0.05, 0.1) is 10.2 Å². The van der Waals surface area contributed by atoms with Crippen molar-refractivity contribution in [3.8, 4) is 6.19 Å². The monoisotopic (exact) mass is 217 g/mol. The number of nitrogens with zero attached hydrogens (tertiary/aromatic N) is 4. The third-order valence-electron chi connectivity index (χ3n) is 1.77. The molecule has 0 radical (unpaired) electrons. The van der Waals surface area contributed by atoms with Crippen molar-refractivity contribution >= 4 is 26.7 Å². The van der Waals surface area contributed by atoms with Crippen LogP contribution in [0, 0.1) is 18.4 Å². The topological polar surface area (TPSA) is 73.4 Å². The normalized spacial score (nSPS) is 10.7. The molecule has 1 aromatic carbocycles. The Morgan fingerprint density at radius 1 is 1.53 bits per heavy atom. The van der Waals surface area contributed by atoms with Gasteiger partial charge in [-0.1, -0.05) is 27.7 Å². The van der Waals surface area contributed by atoms with Crippen LogP contribution in [0.2, 0.25) is 0 Å². The maximum absolute atomic E-state index is 8.19. The van der Waals surface area contributed by atoms with Crippen LogP contribution < -0.4 is 5.43 Å². The minimum atomic E-state index is 0.540. The van der Waals surface area contributed by atoms with Crippen molar-refractivity contribution in [3.63, 3.8) is 0 Å². The number of hydrogen-bond donors (Lipinski definition) is 1. The van der Waals surface area contributed by atoms with Gasteiger partial charge in [-0.25, -0.2) is 4.98 Å². The Balaban J connectivity index is 2.35. The van der Waals surface area contributed by atoms with Crippen LogP contribution in [0.1, 0.15) is 5.56 Å². The molecule has 0 amide bonds. The molecule has 0 saturated heterocycles. The first kappa shape index (κ1) is 9.55.